The minimum atomic E-state index is -0.923. The number of esters is 1. The molecule has 0 aliphatic carbocycles. The lowest BCUT2D eigenvalue weighted by atomic mass is 10.2. The molecule has 0 fully saturated rings. The molecule has 20 heavy (non-hydrogen) atoms. The highest BCUT2D eigenvalue weighted by Crippen LogP contribution is 2.07. The fraction of sp³-hybridized carbons (Fsp3) is 0.286. The molecule has 4 nitrogen and oxygen atoms in total. The van der Waals surface area contributed by atoms with Crippen LogP contribution in [0.15, 0.2) is 30.3 Å². The number of hydrogen-bond donors (Lipinski definition) is 1. The molecule has 0 saturated heterocycles. The molecule has 1 aromatic rings. The van der Waals surface area contributed by atoms with Gasteiger partial charge in [0.2, 0.25) is 0 Å². The van der Waals surface area contributed by atoms with Gasteiger partial charge in [-0.05, 0) is 35.8 Å². The lowest BCUT2D eigenvalue weighted by molar-refractivity contribution is -0.150. The zero-order valence-corrected chi connectivity index (χ0v) is 11.9. The zero-order valence-electron chi connectivity index (χ0n) is 11.0. The van der Waals surface area contributed by atoms with E-state index in [2.05, 4.69) is 0 Å². The molecule has 1 rings (SSSR count). The molecular weight excluding hydrogens is 281 g/mol. The second kappa shape index (κ2) is 8.37. The third kappa shape index (κ3) is 5.88. The van der Waals surface area contributed by atoms with E-state index in [4.69, 9.17) is 10.5 Å². The predicted octanol–water partition coefficient (Wildman–Crippen LogP) is 1.99. The van der Waals surface area contributed by atoms with Gasteiger partial charge in [0, 0.05) is 12.5 Å². The average molecular weight is 297 g/mol. The first-order valence-electron chi connectivity index (χ1n) is 5.95. The van der Waals surface area contributed by atoms with Crippen molar-refractivity contribution >= 4 is 29.7 Å². The Balaban J connectivity index is 2.56. The van der Waals surface area contributed by atoms with Crippen LogP contribution in [0.2, 0.25) is 0 Å². The van der Waals surface area contributed by atoms with Crippen LogP contribution in [0.5, 0.6) is 0 Å². The Morgan fingerprint density at radius 3 is 2.60 bits per heavy atom. The van der Waals surface area contributed by atoms with Crippen LogP contribution in [0, 0.1) is 5.82 Å². The number of carbonyl (C=O) groups is 2. The fourth-order valence-corrected chi connectivity index (χ4v) is 1.85. The van der Waals surface area contributed by atoms with Gasteiger partial charge in [0.1, 0.15) is 5.82 Å². The summed E-state index contributed by atoms with van der Waals surface area (Å²) < 4.78 is 17.7. The molecule has 0 aliphatic heterocycles. The van der Waals surface area contributed by atoms with E-state index in [1.165, 1.54) is 48.2 Å². The van der Waals surface area contributed by atoms with Gasteiger partial charge >= 0.3 is 5.97 Å². The van der Waals surface area contributed by atoms with Crippen LogP contribution in [0.3, 0.4) is 0 Å². The molecule has 1 aromatic carbocycles. The normalized spacial score (nSPS) is 12.3. The van der Waals surface area contributed by atoms with Crippen LogP contribution in [0.4, 0.5) is 4.39 Å². The van der Waals surface area contributed by atoms with Gasteiger partial charge in [0.05, 0.1) is 0 Å². The predicted molar refractivity (Wildman–Crippen MR) is 77.5 cm³/mol. The van der Waals surface area contributed by atoms with Gasteiger partial charge in [0.25, 0.3) is 5.91 Å². The SMILES string of the molecule is CSCCC(OC(=O)/C=C/c1ccc(F)cc1)C(N)=O. The molecule has 6 heteroatoms. The van der Waals surface area contributed by atoms with Crippen LogP contribution in [-0.4, -0.2) is 30.0 Å². The van der Waals surface area contributed by atoms with E-state index >= 15 is 0 Å². The van der Waals surface area contributed by atoms with E-state index in [0.717, 1.165) is 0 Å². The Hall–Kier alpha value is -1.82. The summed E-state index contributed by atoms with van der Waals surface area (Å²) in [6, 6.07) is 5.63. The number of halogens is 1. The van der Waals surface area contributed by atoms with E-state index in [-0.39, 0.29) is 5.82 Å². The quantitative estimate of drug-likeness (QED) is 0.617. The van der Waals surface area contributed by atoms with Crippen molar-refractivity contribution in [1.82, 2.24) is 0 Å². The summed E-state index contributed by atoms with van der Waals surface area (Å²) in [5.74, 6) is -1.000. The molecule has 0 saturated carbocycles. The van der Waals surface area contributed by atoms with Crippen molar-refractivity contribution < 1.29 is 18.7 Å². The third-order valence-electron chi connectivity index (χ3n) is 2.44. The molecule has 2 N–H and O–H groups in total. The second-order valence-corrected chi connectivity index (χ2v) is 4.98. The lowest BCUT2D eigenvalue weighted by Crippen LogP contribution is -2.33. The van der Waals surface area contributed by atoms with Gasteiger partial charge in [-0.2, -0.15) is 11.8 Å². The van der Waals surface area contributed by atoms with Crippen LogP contribution >= 0.6 is 11.8 Å². The number of amides is 1. The first-order chi connectivity index (χ1) is 9.52. The highest BCUT2D eigenvalue weighted by atomic mass is 32.2. The molecule has 1 unspecified atom stereocenters. The molecule has 1 atom stereocenters. The molecule has 0 radical (unpaired) electrons. The maximum Gasteiger partial charge on any atom is 0.331 e. The van der Waals surface area contributed by atoms with E-state index in [1.54, 1.807) is 0 Å². The summed E-state index contributed by atoms with van der Waals surface area (Å²) in [7, 11) is 0. The Bertz CT molecular complexity index is 488. The summed E-state index contributed by atoms with van der Waals surface area (Å²) >= 11 is 1.53. The van der Waals surface area contributed by atoms with Gasteiger partial charge in [-0.1, -0.05) is 12.1 Å². The zero-order chi connectivity index (χ0) is 15.0. The Morgan fingerprint density at radius 1 is 1.40 bits per heavy atom. The van der Waals surface area contributed by atoms with Gasteiger partial charge < -0.3 is 10.5 Å². The molecule has 0 aromatic heterocycles. The highest BCUT2D eigenvalue weighted by molar-refractivity contribution is 7.98. The van der Waals surface area contributed by atoms with Crippen LogP contribution in [0.1, 0.15) is 12.0 Å². The monoisotopic (exact) mass is 297 g/mol. The van der Waals surface area contributed by atoms with Gasteiger partial charge in [-0.3, -0.25) is 4.79 Å². The van der Waals surface area contributed by atoms with Crippen molar-refractivity contribution in [3.63, 3.8) is 0 Å². The van der Waals surface area contributed by atoms with E-state index < -0.39 is 18.0 Å². The number of nitrogens with two attached hydrogens (primary N) is 1. The number of benzene rings is 1. The Kier molecular flexibility index (Phi) is 6.79. The summed E-state index contributed by atoms with van der Waals surface area (Å²) in [4.78, 5) is 22.7. The van der Waals surface area contributed by atoms with Crippen LogP contribution < -0.4 is 5.73 Å². The first-order valence-corrected chi connectivity index (χ1v) is 7.35. The second-order valence-electron chi connectivity index (χ2n) is 3.99. The highest BCUT2D eigenvalue weighted by Gasteiger charge is 2.18. The number of carbonyl (C=O) groups excluding carboxylic acids is 2. The van der Waals surface area contributed by atoms with Crippen molar-refractivity contribution in [2.24, 2.45) is 5.73 Å². The van der Waals surface area contributed by atoms with E-state index in [9.17, 15) is 14.0 Å². The number of thioether (sulfide) groups is 1. The maximum absolute atomic E-state index is 12.7. The topological polar surface area (TPSA) is 69.4 Å². The summed E-state index contributed by atoms with van der Waals surface area (Å²) in [6.45, 7) is 0. The minimum Gasteiger partial charge on any atom is -0.449 e. The van der Waals surface area contributed by atoms with E-state index in [1.807, 2.05) is 6.26 Å². The molecular formula is C14H16FNO3S. The van der Waals surface area contributed by atoms with Gasteiger partial charge in [0.15, 0.2) is 6.10 Å². The largest absolute Gasteiger partial charge is 0.449 e. The van der Waals surface area contributed by atoms with Crippen molar-refractivity contribution in [2.45, 2.75) is 12.5 Å². The fourth-order valence-electron chi connectivity index (χ4n) is 1.40. The smallest absolute Gasteiger partial charge is 0.331 e. The summed E-state index contributed by atoms with van der Waals surface area (Å²) in [5, 5.41) is 0. The Morgan fingerprint density at radius 2 is 2.05 bits per heavy atom. The van der Waals surface area contributed by atoms with Crippen molar-refractivity contribution in [3.05, 3.63) is 41.7 Å². The minimum absolute atomic E-state index is 0.351. The molecule has 0 aliphatic rings. The average Bonchev–Trinajstić information content (AvgIpc) is 2.42. The van der Waals surface area contributed by atoms with Crippen molar-refractivity contribution in [2.75, 3.05) is 12.0 Å². The number of ether oxygens (including phenoxy) is 1. The molecule has 0 bridgehead atoms. The summed E-state index contributed by atoms with van der Waals surface area (Å²) in [5.41, 5.74) is 5.81. The van der Waals surface area contributed by atoms with E-state index in [0.29, 0.717) is 17.7 Å². The summed E-state index contributed by atoms with van der Waals surface area (Å²) in [6.07, 6.45) is 4.00. The third-order valence-corrected chi connectivity index (χ3v) is 3.09. The Labute approximate surface area is 121 Å². The number of hydrogen-bond acceptors (Lipinski definition) is 4. The van der Waals surface area contributed by atoms with Crippen LogP contribution in [0.25, 0.3) is 6.08 Å². The molecule has 108 valence electrons. The first kappa shape index (κ1) is 16.2. The number of primary amides is 1. The van der Waals surface area contributed by atoms with Gasteiger partial charge in [-0.25, -0.2) is 9.18 Å². The van der Waals surface area contributed by atoms with Crippen molar-refractivity contribution in [1.29, 1.82) is 0 Å². The molecule has 1 amide bonds. The standard InChI is InChI=1S/C14H16FNO3S/c1-20-9-8-12(14(16)18)19-13(17)7-4-10-2-5-11(15)6-3-10/h2-7,12H,8-9H2,1H3,(H2,16,18)/b7-4+. The van der Waals surface area contributed by atoms with Crippen molar-refractivity contribution in [3.8, 4) is 0 Å². The molecule has 0 spiro atoms. The lowest BCUT2D eigenvalue weighted by Gasteiger charge is -2.12. The van der Waals surface area contributed by atoms with Gasteiger partial charge in [-0.15, -0.1) is 0 Å². The molecule has 0 heterocycles. The van der Waals surface area contributed by atoms with Crippen LogP contribution in [-0.2, 0) is 14.3 Å². The number of rotatable bonds is 7. The maximum atomic E-state index is 12.7.